The van der Waals surface area contributed by atoms with Crippen LogP contribution in [0.4, 0.5) is 24.5 Å². The number of halogens is 3. The maximum atomic E-state index is 12.8. The van der Waals surface area contributed by atoms with E-state index in [2.05, 4.69) is 10.4 Å². The van der Waals surface area contributed by atoms with Crippen LogP contribution in [0.5, 0.6) is 0 Å². The Morgan fingerprint density at radius 1 is 1.13 bits per heavy atom. The minimum Gasteiger partial charge on any atom is -0.324 e. The third kappa shape index (κ3) is 5.85. The number of amides is 1. The standard InChI is InChI=1S/C20H17F3N4O3S/c1-12-3-5-16(6-4-12)31-17-9-14(8-15(10-17)27(29)30)24-19(28)11-26-13(2)7-18(25-26)20(21,22)23/h3-10H,11H2,1-2H3,(H,24,28). The number of hydrogen-bond acceptors (Lipinski definition) is 5. The van der Waals surface area contributed by atoms with Crippen molar-refractivity contribution in [2.24, 2.45) is 0 Å². The fraction of sp³-hybridized carbons (Fsp3) is 0.200. The third-order valence-electron chi connectivity index (χ3n) is 4.21. The number of benzene rings is 2. The van der Waals surface area contributed by atoms with E-state index in [0.29, 0.717) is 4.90 Å². The van der Waals surface area contributed by atoms with Gasteiger partial charge in [-0.1, -0.05) is 29.5 Å². The van der Waals surface area contributed by atoms with E-state index in [4.69, 9.17) is 0 Å². The molecule has 0 fully saturated rings. The molecule has 11 heteroatoms. The maximum absolute atomic E-state index is 12.8. The molecule has 162 valence electrons. The predicted molar refractivity (Wildman–Crippen MR) is 109 cm³/mol. The molecule has 31 heavy (non-hydrogen) atoms. The summed E-state index contributed by atoms with van der Waals surface area (Å²) in [4.78, 5) is 24.4. The van der Waals surface area contributed by atoms with Gasteiger partial charge in [0, 0.05) is 33.3 Å². The number of rotatable bonds is 6. The average Bonchev–Trinajstić information content (AvgIpc) is 3.04. The first-order valence-electron chi connectivity index (χ1n) is 8.97. The molecule has 1 aromatic heterocycles. The second kappa shape index (κ2) is 8.80. The molecule has 0 atom stereocenters. The Hall–Kier alpha value is -3.34. The van der Waals surface area contributed by atoms with Crippen molar-refractivity contribution in [3.8, 4) is 0 Å². The number of nitro groups is 1. The molecule has 0 aliphatic carbocycles. The summed E-state index contributed by atoms with van der Waals surface area (Å²) < 4.78 is 39.3. The molecule has 1 amide bonds. The molecule has 0 saturated heterocycles. The van der Waals surface area contributed by atoms with Crippen LogP contribution in [0.3, 0.4) is 0 Å². The fourth-order valence-corrected chi connectivity index (χ4v) is 3.62. The molecule has 3 rings (SSSR count). The van der Waals surface area contributed by atoms with Crippen LogP contribution in [0, 0.1) is 24.0 Å². The van der Waals surface area contributed by atoms with Crippen LogP contribution in [0.2, 0.25) is 0 Å². The number of nitro benzene ring substituents is 1. The molecule has 1 heterocycles. The van der Waals surface area contributed by atoms with Crippen molar-refractivity contribution >= 4 is 29.0 Å². The molecule has 0 bridgehead atoms. The lowest BCUT2D eigenvalue weighted by molar-refractivity contribution is -0.385. The lowest BCUT2D eigenvalue weighted by Gasteiger charge is -2.09. The van der Waals surface area contributed by atoms with E-state index in [1.807, 2.05) is 31.2 Å². The van der Waals surface area contributed by atoms with Crippen molar-refractivity contribution in [1.82, 2.24) is 9.78 Å². The van der Waals surface area contributed by atoms with Crippen LogP contribution < -0.4 is 5.32 Å². The van der Waals surface area contributed by atoms with Crippen molar-refractivity contribution in [2.45, 2.75) is 36.4 Å². The zero-order valence-corrected chi connectivity index (χ0v) is 17.3. The molecule has 0 saturated carbocycles. The second-order valence-corrected chi connectivity index (χ2v) is 7.91. The summed E-state index contributed by atoms with van der Waals surface area (Å²) in [6.45, 7) is 2.87. The summed E-state index contributed by atoms with van der Waals surface area (Å²) in [6.07, 6.45) is -4.62. The Morgan fingerprint density at radius 3 is 2.39 bits per heavy atom. The SMILES string of the molecule is Cc1ccc(Sc2cc(NC(=O)Cn3nc(C(F)(F)F)cc3C)cc([N+](=O)[O-])c2)cc1. The number of nitrogens with zero attached hydrogens (tertiary/aromatic N) is 3. The summed E-state index contributed by atoms with van der Waals surface area (Å²) in [6, 6.07) is 12.5. The number of nitrogens with one attached hydrogen (secondary N) is 1. The smallest absolute Gasteiger partial charge is 0.324 e. The van der Waals surface area contributed by atoms with Gasteiger partial charge in [-0.25, -0.2) is 0 Å². The third-order valence-corrected chi connectivity index (χ3v) is 5.19. The van der Waals surface area contributed by atoms with E-state index in [0.717, 1.165) is 21.2 Å². The Balaban J connectivity index is 1.79. The summed E-state index contributed by atoms with van der Waals surface area (Å²) in [5, 5.41) is 17.2. The van der Waals surface area contributed by atoms with Gasteiger partial charge in [-0.05, 0) is 38.1 Å². The zero-order chi connectivity index (χ0) is 22.8. The molecule has 7 nitrogen and oxygen atoms in total. The van der Waals surface area contributed by atoms with E-state index in [1.165, 1.54) is 30.8 Å². The molecular weight excluding hydrogens is 433 g/mol. The minimum atomic E-state index is -4.62. The molecule has 0 aliphatic heterocycles. The van der Waals surface area contributed by atoms with Gasteiger partial charge in [0.2, 0.25) is 5.91 Å². The topological polar surface area (TPSA) is 90.1 Å². The molecule has 0 unspecified atom stereocenters. The summed E-state index contributed by atoms with van der Waals surface area (Å²) in [5.41, 5.74) is 0.0812. The molecule has 0 aliphatic rings. The van der Waals surface area contributed by atoms with Gasteiger partial charge in [-0.15, -0.1) is 0 Å². The van der Waals surface area contributed by atoms with Crippen LogP contribution >= 0.6 is 11.8 Å². The highest BCUT2D eigenvalue weighted by Gasteiger charge is 2.34. The first-order chi connectivity index (χ1) is 14.5. The largest absolute Gasteiger partial charge is 0.435 e. The van der Waals surface area contributed by atoms with Gasteiger partial charge in [-0.3, -0.25) is 19.6 Å². The Bertz CT molecular complexity index is 1130. The number of carbonyl (C=O) groups excluding carboxylic acids is 1. The number of aromatic nitrogens is 2. The minimum absolute atomic E-state index is 0.162. The van der Waals surface area contributed by atoms with E-state index in [9.17, 15) is 28.1 Å². The number of alkyl halides is 3. The van der Waals surface area contributed by atoms with Crippen molar-refractivity contribution in [2.75, 3.05) is 5.32 Å². The van der Waals surface area contributed by atoms with E-state index >= 15 is 0 Å². The molecule has 1 N–H and O–H groups in total. The van der Waals surface area contributed by atoms with Crippen molar-refractivity contribution in [3.63, 3.8) is 0 Å². The Labute approximate surface area is 179 Å². The van der Waals surface area contributed by atoms with Gasteiger partial charge >= 0.3 is 6.18 Å². The van der Waals surface area contributed by atoms with Crippen LogP contribution in [-0.2, 0) is 17.5 Å². The number of aryl methyl sites for hydroxylation is 2. The van der Waals surface area contributed by atoms with E-state index in [1.54, 1.807) is 6.07 Å². The van der Waals surface area contributed by atoms with Crippen LogP contribution in [0.25, 0.3) is 0 Å². The van der Waals surface area contributed by atoms with Crippen molar-refractivity contribution in [3.05, 3.63) is 75.6 Å². The highest BCUT2D eigenvalue weighted by Crippen LogP contribution is 2.33. The fourth-order valence-electron chi connectivity index (χ4n) is 2.71. The van der Waals surface area contributed by atoms with Gasteiger partial charge in [0.05, 0.1) is 4.92 Å². The molecular formula is C20H17F3N4O3S. The lowest BCUT2D eigenvalue weighted by atomic mass is 10.2. The first-order valence-corrected chi connectivity index (χ1v) is 9.78. The number of anilines is 1. The summed E-state index contributed by atoms with van der Waals surface area (Å²) in [7, 11) is 0. The predicted octanol–water partition coefficient (Wildman–Crippen LogP) is 5.22. The van der Waals surface area contributed by atoms with Crippen molar-refractivity contribution < 1.29 is 22.9 Å². The van der Waals surface area contributed by atoms with Crippen LogP contribution in [0.1, 0.15) is 17.0 Å². The zero-order valence-electron chi connectivity index (χ0n) is 16.4. The molecule has 0 spiro atoms. The van der Waals surface area contributed by atoms with Crippen molar-refractivity contribution in [1.29, 1.82) is 0 Å². The van der Waals surface area contributed by atoms with Gasteiger partial charge in [0.15, 0.2) is 5.69 Å². The van der Waals surface area contributed by atoms with Gasteiger partial charge in [0.25, 0.3) is 5.69 Å². The van der Waals surface area contributed by atoms with Crippen LogP contribution in [-0.4, -0.2) is 20.6 Å². The number of hydrogen-bond donors (Lipinski definition) is 1. The molecule has 2 aromatic carbocycles. The van der Waals surface area contributed by atoms with Gasteiger partial charge in [-0.2, -0.15) is 18.3 Å². The number of carbonyl (C=O) groups is 1. The van der Waals surface area contributed by atoms with Gasteiger partial charge in [0.1, 0.15) is 6.54 Å². The van der Waals surface area contributed by atoms with Crippen LogP contribution in [0.15, 0.2) is 58.3 Å². The Morgan fingerprint density at radius 2 is 1.81 bits per heavy atom. The number of non-ortho nitro benzene ring substituents is 1. The quantitative estimate of drug-likeness (QED) is 0.411. The average molecular weight is 450 g/mol. The normalized spacial score (nSPS) is 11.4. The lowest BCUT2D eigenvalue weighted by Crippen LogP contribution is -2.21. The monoisotopic (exact) mass is 450 g/mol. The molecule has 0 radical (unpaired) electrons. The first kappa shape index (κ1) is 22.3. The summed E-state index contributed by atoms with van der Waals surface area (Å²) in [5.74, 6) is -0.660. The van der Waals surface area contributed by atoms with E-state index < -0.39 is 29.2 Å². The Kier molecular flexibility index (Phi) is 6.34. The van der Waals surface area contributed by atoms with Gasteiger partial charge < -0.3 is 5.32 Å². The maximum Gasteiger partial charge on any atom is 0.435 e. The highest BCUT2D eigenvalue weighted by atomic mass is 32.2. The second-order valence-electron chi connectivity index (χ2n) is 6.76. The van der Waals surface area contributed by atoms with E-state index in [-0.39, 0.29) is 17.1 Å². The summed E-state index contributed by atoms with van der Waals surface area (Å²) >= 11 is 1.28. The highest BCUT2D eigenvalue weighted by molar-refractivity contribution is 7.99. The molecule has 3 aromatic rings.